The van der Waals surface area contributed by atoms with E-state index in [1.165, 1.54) is 6.08 Å². The van der Waals surface area contributed by atoms with Crippen LogP contribution in [0.15, 0.2) is 35.5 Å². The Hall–Kier alpha value is -1.09. The molecule has 0 rings (SSSR count). The van der Waals surface area contributed by atoms with E-state index in [1.54, 1.807) is 6.92 Å². The van der Waals surface area contributed by atoms with E-state index >= 15 is 0 Å². The second-order valence-electron chi connectivity index (χ2n) is 2.04. The fraction of sp³-hybridized carbons (Fsp3) is 0.143. The van der Waals surface area contributed by atoms with E-state index in [0.29, 0.717) is 5.57 Å². The fourth-order valence-corrected chi connectivity index (χ4v) is 0.587. The quantitative estimate of drug-likeness (QED) is 0.374. The van der Waals surface area contributed by atoms with Crippen LogP contribution in [0.5, 0.6) is 0 Å². The highest BCUT2D eigenvalue weighted by Crippen LogP contribution is 2.14. The smallest absolute Gasteiger partial charge is 0.258 e. The van der Waals surface area contributed by atoms with E-state index in [1.807, 2.05) is 0 Å². The van der Waals surface area contributed by atoms with Crippen molar-refractivity contribution >= 4 is 11.6 Å². The number of nitro groups is 1. The first-order valence-electron chi connectivity index (χ1n) is 2.81. The van der Waals surface area contributed by atoms with Gasteiger partial charge in [0.1, 0.15) is 5.03 Å². The van der Waals surface area contributed by atoms with Crippen LogP contribution < -0.4 is 0 Å². The molecule has 0 amide bonds. The number of allylic oxidation sites excluding steroid dienone is 3. The fourth-order valence-electron chi connectivity index (χ4n) is 0.463. The van der Waals surface area contributed by atoms with Crippen molar-refractivity contribution in [3.8, 4) is 0 Å². The minimum atomic E-state index is -0.593. The van der Waals surface area contributed by atoms with Gasteiger partial charge in [0.15, 0.2) is 0 Å². The molecule has 0 saturated carbocycles. The summed E-state index contributed by atoms with van der Waals surface area (Å²) in [5.74, 6) is 0. The molecule has 11 heavy (non-hydrogen) atoms. The molecule has 0 unspecified atom stereocenters. The van der Waals surface area contributed by atoms with Gasteiger partial charge in [0.25, 0.3) is 5.70 Å². The summed E-state index contributed by atoms with van der Waals surface area (Å²) in [6, 6.07) is 0. The normalized spacial score (nSPS) is 10.9. The second kappa shape index (κ2) is 3.93. The van der Waals surface area contributed by atoms with Crippen LogP contribution in [0.1, 0.15) is 6.92 Å². The molecule has 0 bridgehead atoms. The van der Waals surface area contributed by atoms with Crippen LogP contribution in [0.2, 0.25) is 0 Å². The highest BCUT2D eigenvalue weighted by Gasteiger charge is 2.12. The Morgan fingerprint density at radius 3 is 2.18 bits per heavy atom. The molecule has 3 nitrogen and oxygen atoms in total. The molecular formula is C7H8ClNO2. The van der Waals surface area contributed by atoms with Gasteiger partial charge in [-0.2, -0.15) is 0 Å². The van der Waals surface area contributed by atoms with Crippen LogP contribution in [0.4, 0.5) is 0 Å². The minimum absolute atomic E-state index is 0.0852. The molecule has 0 aromatic carbocycles. The average Bonchev–Trinajstić information content (AvgIpc) is 1.81. The number of nitrogens with zero attached hydrogens (tertiary/aromatic N) is 1. The highest BCUT2D eigenvalue weighted by atomic mass is 35.5. The summed E-state index contributed by atoms with van der Waals surface area (Å²) in [6.45, 7) is 8.37. The Labute approximate surface area is 69.8 Å². The van der Waals surface area contributed by atoms with Crippen molar-refractivity contribution in [2.75, 3.05) is 0 Å². The van der Waals surface area contributed by atoms with Crippen molar-refractivity contribution < 1.29 is 4.92 Å². The lowest BCUT2D eigenvalue weighted by molar-refractivity contribution is -0.419. The third-order valence-corrected chi connectivity index (χ3v) is 1.05. The van der Waals surface area contributed by atoms with Gasteiger partial charge in [-0.25, -0.2) is 0 Å². The molecular weight excluding hydrogens is 166 g/mol. The van der Waals surface area contributed by atoms with E-state index in [0.717, 1.165) is 0 Å². The first kappa shape index (κ1) is 9.91. The zero-order chi connectivity index (χ0) is 9.02. The first-order valence-corrected chi connectivity index (χ1v) is 3.19. The molecule has 0 aliphatic carbocycles. The van der Waals surface area contributed by atoms with Gasteiger partial charge in [0.05, 0.1) is 4.92 Å². The zero-order valence-electron chi connectivity index (χ0n) is 6.13. The third kappa shape index (κ3) is 3.57. The number of hydrogen-bond acceptors (Lipinski definition) is 2. The zero-order valence-corrected chi connectivity index (χ0v) is 6.89. The monoisotopic (exact) mass is 173 g/mol. The second-order valence-corrected chi connectivity index (χ2v) is 2.49. The van der Waals surface area contributed by atoms with Gasteiger partial charge >= 0.3 is 0 Å². The van der Waals surface area contributed by atoms with E-state index in [-0.39, 0.29) is 10.7 Å². The van der Waals surface area contributed by atoms with Crippen LogP contribution >= 0.6 is 11.6 Å². The predicted octanol–water partition coefficient (Wildman–Crippen LogP) is 2.48. The molecule has 0 N–H and O–H groups in total. The Balaban J connectivity index is 4.75. The maximum atomic E-state index is 10.2. The summed E-state index contributed by atoms with van der Waals surface area (Å²) >= 11 is 5.34. The number of rotatable bonds is 3. The van der Waals surface area contributed by atoms with E-state index in [4.69, 9.17) is 11.6 Å². The maximum Gasteiger partial charge on any atom is 0.287 e. The molecule has 0 fully saturated rings. The molecule has 0 aliphatic rings. The van der Waals surface area contributed by atoms with E-state index < -0.39 is 4.92 Å². The summed E-state index contributed by atoms with van der Waals surface area (Å²) in [4.78, 5) is 9.63. The molecule has 0 saturated heterocycles. The lowest BCUT2D eigenvalue weighted by Crippen LogP contribution is -1.97. The molecule has 0 spiro atoms. The predicted molar refractivity (Wildman–Crippen MR) is 44.9 cm³/mol. The summed E-state index contributed by atoms with van der Waals surface area (Å²) in [5.41, 5.74) is 0.359. The van der Waals surface area contributed by atoms with Crippen molar-refractivity contribution in [2.24, 2.45) is 0 Å². The van der Waals surface area contributed by atoms with Gasteiger partial charge in [0, 0.05) is 6.08 Å². The van der Waals surface area contributed by atoms with Gasteiger partial charge in [-0.05, 0) is 6.92 Å². The first-order chi connectivity index (χ1) is 4.95. The van der Waals surface area contributed by atoms with Gasteiger partial charge in [-0.3, -0.25) is 10.1 Å². The van der Waals surface area contributed by atoms with Crippen molar-refractivity contribution in [1.29, 1.82) is 0 Å². The molecule has 0 heterocycles. The van der Waals surface area contributed by atoms with Crippen LogP contribution in [-0.2, 0) is 0 Å². The average molecular weight is 174 g/mol. The van der Waals surface area contributed by atoms with Crippen LogP contribution in [-0.4, -0.2) is 4.92 Å². The molecule has 60 valence electrons. The van der Waals surface area contributed by atoms with Crippen molar-refractivity contribution in [2.45, 2.75) is 6.92 Å². The Kier molecular flexibility index (Phi) is 3.54. The minimum Gasteiger partial charge on any atom is -0.258 e. The van der Waals surface area contributed by atoms with E-state index in [9.17, 15) is 10.1 Å². The van der Waals surface area contributed by atoms with Gasteiger partial charge < -0.3 is 0 Å². The van der Waals surface area contributed by atoms with Crippen molar-refractivity contribution in [3.63, 3.8) is 0 Å². The Bertz CT molecular complexity index is 227. The molecule has 0 atom stereocenters. The van der Waals surface area contributed by atoms with Gasteiger partial charge in [-0.1, -0.05) is 30.3 Å². The highest BCUT2D eigenvalue weighted by molar-refractivity contribution is 6.31. The van der Waals surface area contributed by atoms with E-state index in [2.05, 4.69) is 13.2 Å². The van der Waals surface area contributed by atoms with Crippen LogP contribution in [0, 0.1) is 10.1 Å². The van der Waals surface area contributed by atoms with Gasteiger partial charge in [0.2, 0.25) is 0 Å². The molecule has 0 radical (unpaired) electrons. The lowest BCUT2D eigenvalue weighted by atomic mass is 10.3. The van der Waals surface area contributed by atoms with Gasteiger partial charge in [-0.15, -0.1) is 0 Å². The standard InChI is InChI=1S/C7H8ClNO2/c1-5(2)4-7(6(3)8)9(10)11/h4H,1,3H2,2H3/b7-4+. The largest absolute Gasteiger partial charge is 0.287 e. The number of halogens is 1. The third-order valence-electron chi connectivity index (χ3n) is 0.858. The number of hydrogen-bond donors (Lipinski definition) is 0. The Morgan fingerprint density at radius 1 is 1.64 bits per heavy atom. The summed E-state index contributed by atoms with van der Waals surface area (Å²) in [5, 5.41) is 10.1. The Morgan fingerprint density at radius 2 is 2.09 bits per heavy atom. The SMILES string of the molecule is C=C(C)/C=C(\C(=C)Cl)[N+](=O)[O-]. The molecule has 0 aromatic rings. The molecule has 4 heteroatoms. The summed E-state index contributed by atoms with van der Waals surface area (Å²) in [6.07, 6.45) is 1.27. The molecule has 0 aromatic heterocycles. The summed E-state index contributed by atoms with van der Waals surface area (Å²) < 4.78 is 0. The lowest BCUT2D eigenvalue weighted by Gasteiger charge is -1.93. The topological polar surface area (TPSA) is 43.1 Å². The van der Waals surface area contributed by atoms with Crippen molar-refractivity contribution in [3.05, 3.63) is 45.7 Å². The summed E-state index contributed by atoms with van der Waals surface area (Å²) in [7, 11) is 0. The van der Waals surface area contributed by atoms with Crippen LogP contribution in [0.3, 0.4) is 0 Å². The van der Waals surface area contributed by atoms with Crippen molar-refractivity contribution in [1.82, 2.24) is 0 Å². The maximum absolute atomic E-state index is 10.2. The molecule has 0 aliphatic heterocycles. The van der Waals surface area contributed by atoms with Crippen LogP contribution in [0.25, 0.3) is 0 Å².